The first-order valence-electron chi connectivity index (χ1n) is 4.35. The third kappa shape index (κ3) is 1.85. The number of nitrogens with zero attached hydrogens (tertiary/aromatic N) is 3. The number of ether oxygens (including phenoxy) is 1. The van der Waals surface area contributed by atoms with Gasteiger partial charge in [-0.15, -0.1) is 0 Å². The van der Waals surface area contributed by atoms with Crippen LogP contribution in [0.3, 0.4) is 0 Å². The van der Waals surface area contributed by atoms with Gasteiger partial charge in [0.1, 0.15) is 5.69 Å². The van der Waals surface area contributed by atoms with Crippen molar-refractivity contribution in [1.82, 2.24) is 14.8 Å². The number of rotatable bonds is 2. The van der Waals surface area contributed by atoms with Crippen molar-refractivity contribution in [2.45, 2.75) is 0 Å². The summed E-state index contributed by atoms with van der Waals surface area (Å²) in [6.07, 6.45) is 5.00. The van der Waals surface area contributed by atoms with Gasteiger partial charge in [0.2, 0.25) is 0 Å². The van der Waals surface area contributed by atoms with Crippen molar-refractivity contribution in [1.29, 1.82) is 0 Å². The Bertz CT molecular complexity index is 465. The predicted octanol–water partition coefficient (Wildman–Crippen LogP) is 1.05. The van der Waals surface area contributed by atoms with E-state index < -0.39 is 5.97 Å². The highest BCUT2D eigenvalue weighted by Gasteiger charge is 2.07. The van der Waals surface area contributed by atoms with Crippen LogP contribution in [0, 0.1) is 0 Å². The maximum absolute atomic E-state index is 11.2. The molecule has 5 heteroatoms. The maximum Gasteiger partial charge on any atom is 0.356 e. The van der Waals surface area contributed by atoms with Crippen LogP contribution < -0.4 is 0 Å². The SMILES string of the molecule is COC(=O)c1cc(-n2cccn2)ccn1. The van der Waals surface area contributed by atoms with Crippen LogP contribution in [-0.4, -0.2) is 27.8 Å². The molecular formula is C10H9N3O2. The Morgan fingerprint density at radius 2 is 2.33 bits per heavy atom. The van der Waals surface area contributed by atoms with Gasteiger partial charge in [0.15, 0.2) is 0 Å². The van der Waals surface area contributed by atoms with Crippen LogP contribution in [0.1, 0.15) is 10.5 Å². The van der Waals surface area contributed by atoms with Gasteiger partial charge in [-0.3, -0.25) is 0 Å². The molecule has 0 spiro atoms. The number of carbonyl (C=O) groups is 1. The molecule has 2 rings (SSSR count). The molecule has 0 aliphatic heterocycles. The van der Waals surface area contributed by atoms with Crippen LogP contribution in [0.5, 0.6) is 0 Å². The minimum absolute atomic E-state index is 0.269. The van der Waals surface area contributed by atoms with Gasteiger partial charge >= 0.3 is 5.97 Å². The van der Waals surface area contributed by atoms with Gasteiger partial charge < -0.3 is 4.74 Å². The van der Waals surface area contributed by atoms with E-state index >= 15 is 0 Å². The monoisotopic (exact) mass is 203 g/mol. The van der Waals surface area contributed by atoms with Gasteiger partial charge in [0.25, 0.3) is 0 Å². The number of hydrogen-bond donors (Lipinski definition) is 0. The van der Waals surface area contributed by atoms with Crippen LogP contribution in [0.25, 0.3) is 5.69 Å². The summed E-state index contributed by atoms with van der Waals surface area (Å²) in [4.78, 5) is 15.1. The second-order valence-electron chi connectivity index (χ2n) is 2.84. The molecule has 0 radical (unpaired) electrons. The largest absolute Gasteiger partial charge is 0.464 e. The molecule has 0 amide bonds. The predicted molar refractivity (Wildman–Crippen MR) is 52.7 cm³/mol. The van der Waals surface area contributed by atoms with E-state index in [-0.39, 0.29) is 5.69 Å². The second kappa shape index (κ2) is 3.91. The molecule has 15 heavy (non-hydrogen) atoms. The van der Waals surface area contributed by atoms with Gasteiger partial charge in [-0.1, -0.05) is 0 Å². The number of hydrogen-bond acceptors (Lipinski definition) is 4. The zero-order valence-corrected chi connectivity index (χ0v) is 8.12. The third-order valence-corrected chi connectivity index (χ3v) is 1.91. The number of carbonyl (C=O) groups excluding carboxylic acids is 1. The van der Waals surface area contributed by atoms with Crippen LogP contribution in [-0.2, 0) is 4.74 Å². The summed E-state index contributed by atoms with van der Waals surface area (Å²) in [5.74, 6) is -0.455. The molecule has 2 aromatic rings. The van der Waals surface area contributed by atoms with Crippen molar-refractivity contribution in [3.8, 4) is 5.69 Å². The van der Waals surface area contributed by atoms with Crippen LogP contribution in [0.4, 0.5) is 0 Å². The fourth-order valence-electron chi connectivity index (χ4n) is 1.20. The van der Waals surface area contributed by atoms with Crippen molar-refractivity contribution >= 4 is 5.97 Å². The highest BCUT2D eigenvalue weighted by atomic mass is 16.5. The minimum Gasteiger partial charge on any atom is -0.464 e. The Hall–Kier alpha value is -2.17. The highest BCUT2D eigenvalue weighted by Crippen LogP contribution is 2.07. The summed E-state index contributed by atoms with van der Waals surface area (Å²) in [6.45, 7) is 0. The number of pyridine rings is 1. The zero-order chi connectivity index (χ0) is 10.7. The van der Waals surface area contributed by atoms with Gasteiger partial charge in [-0.05, 0) is 18.2 Å². The van der Waals surface area contributed by atoms with Crippen molar-refractivity contribution in [2.75, 3.05) is 7.11 Å². The van der Waals surface area contributed by atoms with Crippen LogP contribution in [0.2, 0.25) is 0 Å². The molecule has 0 N–H and O–H groups in total. The molecular weight excluding hydrogens is 194 g/mol. The molecule has 0 bridgehead atoms. The van der Waals surface area contributed by atoms with Crippen molar-refractivity contribution in [3.05, 3.63) is 42.5 Å². The lowest BCUT2D eigenvalue weighted by Gasteiger charge is -2.02. The summed E-state index contributed by atoms with van der Waals surface area (Å²) in [5.41, 5.74) is 1.04. The number of aromatic nitrogens is 3. The van der Waals surface area contributed by atoms with Crippen LogP contribution >= 0.6 is 0 Å². The molecule has 2 heterocycles. The summed E-state index contributed by atoms with van der Waals surface area (Å²) in [6, 6.07) is 5.19. The van der Waals surface area contributed by atoms with Crippen molar-refractivity contribution in [2.24, 2.45) is 0 Å². The average Bonchev–Trinajstić information content (AvgIpc) is 2.82. The number of methoxy groups -OCH3 is 1. The van der Waals surface area contributed by atoms with Crippen molar-refractivity contribution < 1.29 is 9.53 Å². The topological polar surface area (TPSA) is 57.0 Å². The van der Waals surface area contributed by atoms with E-state index in [9.17, 15) is 4.79 Å². The lowest BCUT2D eigenvalue weighted by Crippen LogP contribution is -2.05. The first-order chi connectivity index (χ1) is 7.31. The molecule has 0 aromatic carbocycles. The molecule has 0 fully saturated rings. The Morgan fingerprint density at radius 3 is 3.00 bits per heavy atom. The van der Waals surface area contributed by atoms with E-state index in [0.29, 0.717) is 0 Å². The van der Waals surface area contributed by atoms with Gasteiger partial charge in [-0.25, -0.2) is 14.5 Å². The molecule has 2 aromatic heterocycles. The first-order valence-corrected chi connectivity index (χ1v) is 4.35. The zero-order valence-electron chi connectivity index (χ0n) is 8.12. The molecule has 5 nitrogen and oxygen atoms in total. The van der Waals surface area contributed by atoms with E-state index in [1.54, 1.807) is 41.5 Å². The summed E-state index contributed by atoms with van der Waals surface area (Å²) >= 11 is 0. The van der Waals surface area contributed by atoms with E-state index in [1.165, 1.54) is 7.11 Å². The maximum atomic E-state index is 11.2. The van der Waals surface area contributed by atoms with E-state index in [0.717, 1.165) is 5.69 Å². The van der Waals surface area contributed by atoms with Crippen LogP contribution in [0.15, 0.2) is 36.8 Å². The van der Waals surface area contributed by atoms with Gasteiger partial charge in [-0.2, -0.15) is 5.10 Å². The molecule has 0 saturated carbocycles. The van der Waals surface area contributed by atoms with E-state index in [2.05, 4.69) is 14.8 Å². The van der Waals surface area contributed by atoms with Gasteiger partial charge in [0.05, 0.1) is 12.8 Å². The molecule has 0 aliphatic rings. The van der Waals surface area contributed by atoms with E-state index in [4.69, 9.17) is 0 Å². The Balaban J connectivity index is 2.39. The fourth-order valence-corrected chi connectivity index (χ4v) is 1.20. The quantitative estimate of drug-likeness (QED) is 0.684. The lowest BCUT2D eigenvalue weighted by molar-refractivity contribution is 0.0594. The average molecular weight is 203 g/mol. The standard InChI is InChI=1S/C10H9N3O2/c1-15-10(14)9-7-8(3-5-11-9)13-6-2-4-12-13/h2-7H,1H3. The molecule has 0 saturated heterocycles. The highest BCUT2D eigenvalue weighted by molar-refractivity contribution is 5.87. The summed E-state index contributed by atoms with van der Waals surface area (Å²) < 4.78 is 6.22. The summed E-state index contributed by atoms with van der Waals surface area (Å²) in [7, 11) is 1.32. The van der Waals surface area contributed by atoms with Crippen molar-refractivity contribution in [3.63, 3.8) is 0 Å². The summed E-state index contributed by atoms with van der Waals surface area (Å²) in [5, 5.41) is 4.05. The fraction of sp³-hybridized carbons (Fsp3) is 0.100. The first kappa shape index (κ1) is 9.39. The second-order valence-corrected chi connectivity index (χ2v) is 2.84. The van der Waals surface area contributed by atoms with Gasteiger partial charge in [0, 0.05) is 18.6 Å². The molecule has 76 valence electrons. The number of esters is 1. The minimum atomic E-state index is -0.455. The molecule has 0 atom stereocenters. The normalized spacial score (nSPS) is 9.93. The Morgan fingerprint density at radius 1 is 1.47 bits per heavy atom. The van der Waals surface area contributed by atoms with E-state index in [1.807, 2.05) is 0 Å². The molecule has 0 aliphatic carbocycles. The Kier molecular flexibility index (Phi) is 2.45. The smallest absolute Gasteiger partial charge is 0.356 e. The third-order valence-electron chi connectivity index (χ3n) is 1.91. The molecule has 0 unspecified atom stereocenters. The lowest BCUT2D eigenvalue weighted by atomic mass is 10.3. The Labute approximate surface area is 86.3 Å².